The number of ether oxygens (including phenoxy) is 2. The lowest BCUT2D eigenvalue weighted by atomic mass is 9.90. The van der Waals surface area contributed by atoms with Crippen LogP contribution in [0.5, 0.6) is 17.2 Å². The third kappa shape index (κ3) is 3.25. The van der Waals surface area contributed by atoms with Gasteiger partial charge in [0.25, 0.3) is 0 Å². The maximum absolute atomic E-state index is 6.18. The van der Waals surface area contributed by atoms with Gasteiger partial charge in [0, 0.05) is 12.5 Å². The molecular weight excluding hydrogens is 274 g/mol. The highest BCUT2D eigenvalue weighted by atomic mass is 16.5. The molecule has 3 heteroatoms. The Labute approximate surface area is 132 Å². The first kappa shape index (κ1) is 14.9. The van der Waals surface area contributed by atoms with E-state index in [0.29, 0.717) is 5.92 Å². The Hall–Kier alpha value is -2.00. The van der Waals surface area contributed by atoms with Crippen molar-refractivity contribution in [3.63, 3.8) is 0 Å². The average Bonchev–Trinajstić information content (AvgIpc) is 2.56. The summed E-state index contributed by atoms with van der Waals surface area (Å²) in [5.41, 5.74) is 1.29. The lowest BCUT2D eigenvalue weighted by molar-refractivity contribution is 0.248. The number of piperidine rings is 1. The molecule has 1 unspecified atom stereocenters. The normalized spacial score (nSPS) is 18.9. The molecule has 2 aromatic carbocycles. The van der Waals surface area contributed by atoms with Crippen LogP contribution in [0.15, 0.2) is 48.5 Å². The van der Waals surface area contributed by atoms with Crippen LogP contribution in [0.4, 0.5) is 0 Å². The van der Waals surface area contributed by atoms with Gasteiger partial charge in [0.2, 0.25) is 0 Å². The molecule has 0 amide bonds. The Morgan fingerprint density at radius 3 is 2.36 bits per heavy atom. The molecule has 0 aliphatic carbocycles. The van der Waals surface area contributed by atoms with E-state index in [0.717, 1.165) is 23.8 Å². The van der Waals surface area contributed by atoms with Gasteiger partial charge in [0.05, 0.1) is 7.11 Å². The van der Waals surface area contributed by atoms with Crippen molar-refractivity contribution in [2.45, 2.75) is 18.8 Å². The SMILES string of the molecule is COc1ccccc1Oc1ccccc1C1CCCN(C)C1. The van der Waals surface area contributed by atoms with Crippen LogP contribution in [0.25, 0.3) is 0 Å². The van der Waals surface area contributed by atoms with E-state index in [-0.39, 0.29) is 0 Å². The van der Waals surface area contributed by atoms with Crippen molar-refractivity contribution >= 4 is 0 Å². The van der Waals surface area contributed by atoms with E-state index in [9.17, 15) is 0 Å². The van der Waals surface area contributed by atoms with Crippen molar-refractivity contribution in [3.8, 4) is 17.2 Å². The van der Waals surface area contributed by atoms with Crippen molar-refractivity contribution in [1.29, 1.82) is 0 Å². The molecule has 0 N–H and O–H groups in total. The van der Waals surface area contributed by atoms with Gasteiger partial charge in [0.15, 0.2) is 11.5 Å². The molecular formula is C19H23NO2. The molecule has 1 aliphatic rings. The zero-order valence-electron chi connectivity index (χ0n) is 13.3. The number of para-hydroxylation sites is 3. The van der Waals surface area contributed by atoms with E-state index in [1.165, 1.54) is 24.9 Å². The van der Waals surface area contributed by atoms with Gasteiger partial charge in [-0.15, -0.1) is 0 Å². The summed E-state index contributed by atoms with van der Waals surface area (Å²) in [7, 11) is 3.86. The Bertz CT molecular complexity index is 626. The number of hydrogen-bond acceptors (Lipinski definition) is 3. The second-order valence-corrected chi connectivity index (χ2v) is 5.89. The van der Waals surface area contributed by atoms with Gasteiger partial charge in [-0.1, -0.05) is 30.3 Å². The van der Waals surface area contributed by atoms with Crippen LogP contribution in [0.1, 0.15) is 24.3 Å². The molecule has 0 bridgehead atoms. The number of hydrogen-bond donors (Lipinski definition) is 0. The monoisotopic (exact) mass is 297 g/mol. The van der Waals surface area contributed by atoms with Crippen molar-refractivity contribution in [1.82, 2.24) is 4.90 Å². The van der Waals surface area contributed by atoms with Crippen molar-refractivity contribution < 1.29 is 9.47 Å². The van der Waals surface area contributed by atoms with Crippen molar-refractivity contribution in [2.75, 3.05) is 27.2 Å². The van der Waals surface area contributed by atoms with E-state index < -0.39 is 0 Å². The van der Waals surface area contributed by atoms with Gasteiger partial charge in [-0.05, 0) is 50.2 Å². The highest BCUT2D eigenvalue weighted by Crippen LogP contribution is 2.37. The number of benzene rings is 2. The van der Waals surface area contributed by atoms with Gasteiger partial charge in [-0.2, -0.15) is 0 Å². The number of likely N-dealkylation sites (N-methyl/N-ethyl adjacent to an activating group) is 1. The molecule has 0 saturated carbocycles. The number of nitrogens with zero attached hydrogens (tertiary/aromatic N) is 1. The van der Waals surface area contributed by atoms with Crippen LogP contribution >= 0.6 is 0 Å². The molecule has 1 saturated heterocycles. The molecule has 3 nitrogen and oxygen atoms in total. The summed E-state index contributed by atoms with van der Waals surface area (Å²) in [4.78, 5) is 2.40. The Balaban J connectivity index is 1.88. The Kier molecular flexibility index (Phi) is 4.64. The highest BCUT2D eigenvalue weighted by molar-refractivity contribution is 5.45. The molecule has 1 atom stereocenters. The van der Waals surface area contributed by atoms with Gasteiger partial charge in [-0.25, -0.2) is 0 Å². The zero-order valence-corrected chi connectivity index (χ0v) is 13.3. The number of likely N-dealkylation sites (tertiary alicyclic amines) is 1. The van der Waals surface area contributed by atoms with E-state index in [2.05, 4.69) is 30.1 Å². The fourth-order valence-corrected chi connectivity index (χ4v) is 3.15. The molecule has 3 rings (SSSR count). The average molecular weight is 297 g/mol. The minimum atomic E-state index is 0.532. The van der Waals surface area contributed by atoms with Crippen LogP contribution in [-0.2, 0) is 0 Å². The Morgan fingerprint density at radius 2 is 1.64 bits per heavy atom. The number of methoxy groups -OCH3 is 1. The summed E-state index contributed by atoms with van der Waals surface area (Å²) in [6.07, 6.45) is 2.46. The van der Waals surface area contributed by atoms with E-state index in [4.69, 9.17) is 9.47 Å². The molecule has 1 heterocycles. The van der Waals surface area contributed by atoms with Crippen molar-refractivity contribution in [3.05, 3.63) is 54.1 Å². The van der Waals surface area contributed by atoms with Crippen molar-refractivity contribution in [2.24, 2.45) is 0 Å². The maximum atomic E-state index is 6.18. The molecule has 1 aliphatic heterocycles. The van der Waals surface area contributed by atoms with E-state index in [1.54, 1.807) is 7.11 Å². The second-order valence-electron chi connectivity index (χ2n) is 5.89. The third-order valence-corrected chi connectivity index (χ3v) is 4.27. The van der Waals surface area contributed by atoms with Crippen LogP contribution in [-0.4, -0.2) is 32.1 Å². The second kappa shape index (κ2) is 6.84. The molecule has 1 fully saturated rings. The van der Waals surface area contributed by atoms with Gasteiger partial charge < -0.3 is 14.4 Å². The van der Waals surface area contributed by atoms with Gasteiger partial charge >= 0.3 is 0 Å². The largest absolute Gasteiger partial charge is 0.493 e. The first-order chi connectivity index (χ1) is 10.8. The summed E-state index contributed by atoms with van der Waals surface area (Å²) >= 11 is 0. The smallest absolute Gasteiger partial charge is 0.169 e. The fraction of sp³-hybridized carbons (Fsp3) is 0.368. The lowest BCUT2D eigenvalue weighted by Gasteiger charge is -2.30. The summed E-state index contributed by atoms with van der Waals surface area (Å²) in [6.45, 7) is 2.28. The first-order valence-electron chi connectivity index (χ1n) is 7.86. The molecule has 2 aromatic rings. The van der Waals surface area contributed by atoms with E-state index >= 15 is 0 Å². The predicted octanol–water partition coefficient (Wildman–Crippen LogP) is 4.30. The van der Waals surface area contributed by atoms with Crippen LogP contribution in [0.2, 0.25) is 0 Å². The molecule has 22 heavy (non-hydrogen) atoms. The maximum Gasteiger partial charge on any atom is 0.169 e. The predicted molar refractivity (Wildman–Crippen MR) is 89.0 cm³/mol. The highest BCUT2D eigenvalue weighted by Gasteiger charge is 2.22. The lowest BCUT2D eigenvalue weighted by Crippen LogP contribution is -2.30. The molecule has 116 valence electrons. The van der Waals surface area contributed by atoms with Gasteiger partial charge in [0.1, 0.15) is 5.75 Å². The molecule has 0 radical (unpaired) electrons. The first-order valence-corrected chi connectivity index (χ1v) is 7.86. The number of rotatable bonds is 4. The quantitative estimate of drug-likeness (QED) is 0.840. The molecule has 0 aromatic heterocycles. The topological polar surface area (TPSA) is 21.7 Å². The summed E-state index contributed by atoms with van der Waals surface area (Å²) in [6, 6.07) is 16.2. The van der Waals surface area contributed by atoms with Crippen LogP contribution in [0, 0.1) is 0 Å². The summed E-state index contributed by atoms with van der Waals surface area (Å²) in [5, 5.41) is 0. The van der Waals surface area contributed by atoms with Crippen LogP contribution < -0.4 is 9.47 Å². The summed E-state index contributed by atoms with van der Waals surface area (Å²) in [5.74, 6) is 3.00. The zero-order chi connectivity index (χ0) is 15.4. The van der Waals surface area contributed by atoms with E-state index in [1.807, 2.05) is 30.3 Å². The van der Waals surface area contributed by atoms with Gasteiger partial charge in [-0.3, -0.25) is 0 Å². The standard InChI is InChI=1S/C19H23NO2/c1-20-13-7-8-15(14-20)16-9-3-4-10-17(16)22-19-12-6-5-11-18(19)21-2/h3-6,9-12,15H,7-8,13-14H2,1-2H3. The van der Waals surface area contributed by atoms with Crippen LogP contribution in [0.3, 0.4) is 0 Å². The third-order valence-electron chi connectivity index (χ3n) is 4.27. The summed E-state index contributed by atoms with van der Waals surface area (Å²) < 4.78 is 11.6. The minimum Gasteiger partial charge on any atom is -0.493 e. The molecule has 0 spiro atoms. The minimum absolute atomic E-state index is 0.532. The Morgan fingerprint density at radius 1 is 0.955 bits per heavy atom. The fourth-order valence-electron chi connectivity index (χ4n) is 3.15.